The van der Waals surface area contributed by atoms with E-state index in [1.165, 1.54) is 19.3 Å². The van der Waals surface area contributed by atoms with Gasteiger partial charge in [0, 0.05) is 12.6 Å². The van der Waals surface area contributed by atoms with Gasteiger partial charge >= 0.3 is 0 Å². The van der Waals surface area contributed by atoms with Crippen molar-refractivity contribution < 1.29 is 8.42 Å². The molecule has 3 atom stereocenters. The second-order valence-corrected chi connectivity index (χ2v) is 9.62. The molecule has 0 aromatic rings. The van der Waals surface area contributed by atoms with E-state index in [9.17, 15) is 8.42 Å². The van der Waals surface area contributed by atoms with E-state index in [2.05, 4.69) is 19.2 Å². The average molecular weight is 275 g/mol. The molecule has 1 aliphatic carbocycles. The number of hydrogen-bond donors (Lipinski definition) is 1. The van der Waals surface area contributed by atoms with Gasteiger partial charge in [-0.3, -0.25) is 0 Å². The quantitative estimate of drug-likeness (QED) is 0.858. The molecule has 0 heterocycles. The predicted octanol–water partition coefficient (Wildman–Crippen LogP) is 2.61. The lowest BCUT2D eigenvalue weighted by atomic mass is 9.78. The molecule has 0 aromatic heterocycles. The fourth-order valence-electron chi connectivity index (χ4n) is 2.55. The molecule has 0 bridgehead atoms. The zero-order chi connectivity index (χ0) is 14.0. The van der Waals surface area contributed by atoms with Gasteiger partial charge < -0.3 is 5.32 Å². The molecule has 0 amide bonds. The molecule has 3 unspecified atom stereocenters. The lowest BCUT2D eigenvalue weighted by Gasteiger charge is -2.35. The van der Waals surface area contributed by atoms with Crippen LogP contribution in [0, 0.1) is 11.8 Å². The Bertz CT molecular complexity index is 356. The van der Waals surface area contributed by atoms with Crippen LogP contribution in [0.2, 0.25) is 0 Å². The Balaban J connectivity index is 2.43. The molecule has 1 aliphatic rings. The Morgan fingerprint density at radius 3 is 2.33 bits per heavy atom. The van der Waals surface area contributed by atoms with Crippen LogP contribution < -0.4 is 5.32 Å². The van der Waals surface area contributed by atoms with E-state index in [0.29, 0.717) is 18.5 Å². The molecule has 0 aliphatic heterocycles. The van der Waals surface area contributed by atoms with Gasteiger partial charge in [-0.2, -0.15) is 0 Å². The van der Waals surface area contributed by atoms with Crippen molar-refractivity contribution in [3.8, 4) is 0 Å². The molecular formula is C14H29NO2S. The minimum Gasteiger partial charge on any atom is -0.313 e. The highest BCUT2D eigenvalue weighted by Gasteiger charge is 2.30. The summed E-state index contributed by atoms with van der Waals surface area (Å²) in [6.07, 6.45) is 3.75. The van der Waals surface area contributed by atoms with E-state index in [0.717, 1.165) is 5.92 Å². The van der Waals surface area contributed by atoms with Crippen LogP contribution in [0.3, 0.4) is 0 Å². The highest BCUT2D eigenvalue weighted by molar-refractivity contribution is 7.92. The third-order valence-electron chi connectivity index (χ3n) is 4.42. The van der Waals surface area contributed by atoms with Gasteiger partial charge in [-0.15, -0.1) is 0 Å². The highest BCUT2D eigenvalue weighted by atomic mass is 32.2. The molecule has 1 fully saturated rings. The van der Waals surface area contributed by atoms with Crippen LogP contribution in [-0.4, -0.2) is 31.5 Å². The van der Waals surface area contributed by atoms with Crippen LogP contribution in [0.1, 0.15) is 53.9 Å². The summed E-state index contributed by atoms with van der Waals surface area (Å²) < 4.78 is 23.4. The predicted molar refractivity (Wildman–Crippen MR) is 77.5 cm³/mol. The zero-order valence-electron chi connectivity index (χ0n) is 12.5. The standard InChI is InChI=1S/C14H29NO2S/c1-11-7-6-8-13(12(11)2)15-9-10-18(16,17)14(3,4)5/h11-13,15H,6-10H2,1-5H3. The van der Waals surface area contributed by atoms with Gasteiger partial charge in [0.05, 0.1) is 10.5 Å². The molecule has 1 rings (SSSR count). The average Bonchev–Trinajstić information content (AvgIpc) is 2.22. The molecule has 0 radical (unpaired) electrons. The summed E-state index contributed by atoms with van der Waals surface area (Å²) in [5, 5.41) is 3.45. The minimum absolute atomic E-state index is 0.244. The number of rotatable bonds is 4. The Morgan fingerprint density at radius 2 is 1.78 bits per heavy atom. The first-order valence-corrected chi connectivity index (χ1v) is 8.76. The molecule has 0 aromatic carbocycles. The van der Waals surface area contributed by atoms with E-state index >= 15 is 0 Å². The lowest BCUT2D eigenvalue weighted by Crippen LogP contribution is -2.43. The van der Waals surface area contributed by atoms with Crippen molar-refractivity contribution in [3.63, 3.8) is 0 Å². The van der Waals surface area contributed by atoms with Crippen LogP contribution >= 0.6 is 0 Å². The van der Waals surface area contributed by atoms with Crippen molar-refractivity contribution in [1.29, 1.82) is 0 Å². The molecule has 1 N–H and O–H groups in total. The Hall–Kier alpha value is -0.0900. The summed E-state index contributed by atoms with van der Waals surface area (Å²) >= 11 is 0. The maximum Gasteiger partial charge on any atom is 0.156 e. The fourth-order valence-corrected chi connectivity index (χ4v) is 3.55. The summed E-state index contributed by atoms with van der Waals surface area (Å²) in [4.78, 5) is 0. The monoisotopic (exact) mass is 275 g/mol. The van der Waals surface area contributed by atoms with Gasteiger partial charge in [0.15, 0.2) is 9.84 Å². The normalized spacial score (nSPS) is 30.4. The van der Waals surface area contributed by atoms with E-state index in [-0.39, 0.29) is 5.75 Å². The molecule has 3 nitrogen and oxygen atoms in total. The second kappa shape index (κ2) is 5.91. The summed E-state index contributed by atoms with van der Waals surface area (Å²) in [5.74, 6) is 1.64. The maximum absolute atomic E-state index is 12.0. The molecular weight excluding hydrogens is 246 g/mol. The SMILES string of the molecule is CC1CCCC(NCCS(=O)(=O)C(C)(C)C)C1C. The second-order valence-electron chi connectivity index (χ2n) is 6.76. The van der Waals surface area contributed by atoms with Crippen molar-refractivity contribution in [2.45, 2.75) is 64.7 Å². The minimum atomic E-state index is -2.99. The van der Waals surface area contributed by atoms with Crippen molar-refractivity contribution in [2.75, 3.05) is 12.3 Å². The smallest absolute Gasteiger partial charge is 0.156 e. The molecule has 4 heteroatoms. The lowest BCUT2D eigenvalue weighted by molar-refractivity contribution is 0.209. The van der Waals surface area contributed by atoms with E-state index in [1.807, 2.05) is 0 Å². The van der Waals surface area contributed by atoms with E-state index in [4.69, 9.17) is 0 Å². The first kappa shape index (κ1) is 16.0. The summed E-state index contributed by atoms with van der Waals surface area (Å²) in [7, 11) is -2.99. The molecule has 108 valence electrons. The fraction of sp³-hybridized carbons (Fsp3) is 1.00. The van der Waals surface area contributed by atoms with Gasteiger partial charge in [0.1, 0.15) is 0 Å². The number of nitrogens with one attached hydrogen (secondary N) is 1. The van der Waals surface area contributed by atoms with Gasteiger partial charge in [-0.1, -0.05) is 26.7 Å². The zero-order valence-corrected chi connectivity index (χ0v) is 13.3. The van der Waals surface area contributed by atoms with Crippen LogP contribution in [-0.2, 0) is 9.84 Å². The van der Waals surface area contributed by atoms with Crippen LogP contribution in [0.25, 0.3) is 0 Å². The summed E-state index contributed by atoms with van der Waals surface area (Å²) in [6.45, 7) is 10.5. The molecule has 1 saturated carbocycles. The Kier molecular flexibility index (Phi) is 5.24. The van der Waals surface area contributed by atoms with Gasteiger partial charge in [0.2, 0.25) is 0 Å². The largest absolute Gasteiger partial charge is 0.313 e. The van der Waals surface area contributed by atoms with Crippen molar-refractivity contribution in [1.82, 2.24) is 5.32 Å². The van der Waals surface area contributed by atoms with Gasteiger partial charge in [-0.05, 0) is 39.0 Å². The summed E-state index contributed by atoms with van der Waals surface area (Å²) in [5.41, 5.74) is 0. The van der Waals surface area contributed by atoms with Gasteiger partial charge in [0.25, 0.3) is 0 Å². The molecule has 0 saturated heterocycles. The first-order chi connectivity index (χ1) is 8.15. The highest BCUT2D eigenvalue weighted by Crippen LogP contribution is 2.29. The Morgan fingerprint density at radius 1 is 1.17 bits per heavy atom. The number of hydrogen-bond acceptors (Lipinski definition) is 3. The van der Waals surface area contributed by atoms with E-state index < -0.39 is 14.6 Å². The summed E-state index contributed by atoms with van der Waals surface area (Å²) in [6, 6.07) is 0.490. The maximum atomic E-state index is 12.0. The third-order valence-corrected chi connectivity index (χ3v) is 7.02. The number of sulfone groups is 1. The molecule has 0 spiro atoms. The van der Waals surface area contributed by atoms with Crippen LogP contribution in [0.4, 0.5) is 0 Å². The van der Waals surface area contributed by atoms with Gasteiger partial charge in [-0.25, -0.2) is 8.42 Å². The first-order valence-electron chi connectivity index (χ1n) is 7.11. The Labute approximate surface area is 113 Å². The topological polar surface area (TPSA) is 46.2 Å². The third kappa shape index (κ3) is 3.95. The van der Waals surface area contributed by atoms with Crippen LogP contribution in [0.5, 0.6) is 0 Å². The van der Waals surface area contributed by atoms with E-state index in [1.54, 1.807) is 20.8 Å². The van der Waals surface area contributed by atoms with Crippen molar-refractivity contribution in [2.24, 2.45) is 11.8 Å². The van der Waals surface area contributed by atoms with Crippen LogP contribution in [0.15, 0.2) is 0 Å². The molecule has 18 heavy (non-hydrogen) atoms. The van der Waals surface area contributed by atoms with Crippen molar-refractivity contribution >= 4 is 9.84 Å². The van der Waals surface area contributed by atoms with Crippen molar-refractivity contribution in [3.05, 3.63) is 0 Å².